The number of hydrogen-bond donors (Lipinski definition) is 2. The largest absolute Gasteiger partial charge is 0.339 e. The van der Waals surface area contributed by atoms with E-state index in [1.165, 1.54) is 24.3 Å². The van der Waals surface area contributed by atoms with Crippen molar-refractivity contribution in [3.63, 3.8) is 0 Å². The van der Waals surface area contributed by atoms with E-state index in [-0.39, 0.29) is 11.0 Å². The summed E-state index contributed by atoms with van der Waals surface area (Å²) in [5, 5.41) is 5.56. The Bertz CT molecular complexity index is 877. The van der Waals surface area contributed by atoms with Gasteiger partial charge in [-0.1, -0.05) is 13.0 Å². The van der Waals surface area contributed by atoms with E-state index in [9.17, 15) is 14.0 Å². The van der Waals surface area contributed by atoms with Gasteiger partial charge in [0, 0.05) is 29.9 Å². The lowest BCUT2D eigenvalue weighted by atomic mass is 9.98. The van der Waals surface area contributed by atoms with Crippen molar-refractivity contribution >= 4 is 34.8 Å². The molecule has 0 spiro atoms. The van der Waals surface area contributed by atoms with Gasteiger partial charge < -0.3 is 10.2 Å². The quantitative estimate of drug-likeness (QED) is 0.771. The number of rotatable bonds is 3. The zero-order valence-electron chi connectivity index (χ0n) is 15.6. The predicted octanol–water partition coefficient (Wildman–Crippen LogP) is 3.82. The number of anilines is 1. The highest BCUT2D eigenvalue weighted by Crippen LogP contribution is 2.19. The van der Waals surface area contributed by atoms with Crippen molar-refractivity contribution in [2.75, 3.05) is 18.4 Å². The molecule has 0 aliphatic carbocycles. The third-order valence-electron chi connectivity index (χ3n) is 4.77. The van der Waals surface area contributed by atoms with Gasteiger partial charge in [-0.05, 0) is 73.4 Å². The van der Waals surface area contributed by atoms with E-state index in [4.69, 9.17) is 12.2 Å². The van der Waals surface area contributed by atoms with Crippen LogP contribution in [0.1, 0.15) is 40.5 Å². The molecule has 2 N–H and O–H groups in total. The Morgan fingerprint density at radius 3 is 2.43 bits per heavy atom. The molecule has 146 valence electrons. The van der Waals surface area contributed by atoms with Crippen LogP contribution in [0.15, 0.2) is 48.5 Å². The maximum Gasteiger partial charge on any atom is 0.257 e. The van der Waals surface area contributed by atoms with Gasteiger partial charge in [0.25, 0.3) is 11.8 Å². The second-order valence-electron chi connectivity index (χ2n) is 6.97. The molecule has 3 rings (SSSR count). The van der Waals surface area contributed by atoms with Gasteiger partial charge in [0.15, 0.2) is 5.11 Å². The van der Waals surface area contributed by atoms with Crippen LogP contribution in [0.2, 0.25) is 0 Å². The van der Waals surface area contributed by atoms with Crippen molar-refractivity contribution in [2.45, 2.75) is 19.8 Å². The standard InChI is InChI=1S/C21H22FN3O2S/c1-14-9-11-25(12-10-14)20(27)16-3-2-4-18(13-16)23-21(28)24-19(26)15-5-7-17(22)8-6-15/h2-8,13-14H,9-12H2,1H3,(H2,23,24,26,28). The summed E-state index contributed by atoms with van der Waals surface area (Å²) < 4.78 is 13.0. The third-order valence-corrected chi connectivity index (χ3v) is 4.98. The van der Waals surface area contributed by atoms with Crippen LogP contribution in [-0.2, 0) is 0 Å². The van der Waals surface area contributed by atoms with Gasteiger partial charge in [0.05, 0.1) is 0 Å². The summed E-state index contributed by atoms with van der Waals surface area (Å²) in [5.74, 6) is -0.204. The van der Waals surface area contributed by atoms with Crippen molar-refractivity contribution in [1.29, 1.82) is 0 Å². The van der Waals surface area contributed by atoms with Crippen LogP contribution in [-0.4, -0.2) is 34.9 Å². The minimum absolute atomic E-state index is 0.00295. The molecule has 1 saturated heterocycles. The first-order valence-electron chi connectivity index (χ1n) is 9.19. The highest BCUT2D eigenvalue weighted by Gasteiger charge is 2.21. The van der Waals surface area contributed by atoms with Crippen LogP contribution >= 0.6 is 12.2 Å². The van der Waals surface area contributed by atoms with E-state index in [1.54, 1.807) is 24.3 Å². The van der Waals surface area contributed by atoms with Crippen LogP contribution < -0.4 is 10.6 Å². The Kier molecular flexibility index (Phi) is 6.36. The van der Waals surface area contributed by atoms with Gasteiger partial charge in [-0.25, -0.2) is 4.39 Å². The zero-order chi connectivity index (χ0) is 20.1. The van der Waals surface area contributed by atoms with Gasteiger partial charge >= 0.3 is 0 Å². The molecule has 5 nitrogen and oxygen atoms in total. The number of amides is 2. The molecule has 0 aromatic heterocycles. The number of likely N-dealkylation sites (tertiary alicyclic amines) is 1. The SMILES string of the molecule is CC1CCN(C(=O)c2cccc(NC(=S)NC(=O)c3ccc(F)cc3)c2)CC1. The van der Waals surface area contributed by atoms with E-state index in [0.29, 0.717) is 22.7 Å². The number of hydrogen-bond acceptors (Lipinski definition) is 3. The summed E-state index contributed by atoms with van der Waals surface area (Å²) in [7, 11) is 0. The number of halogens is 1. The first kappa shape index (κ1) is 19.9. The summed E-state index contributed by atoms with van der Waals surface area (Å²) in [6.45, 7) is 3.74. The van der Waals surface area contributed by atoms with Gasteiger partial charge in [-0.15, -0.1) is 0 Å². The minimum atomic E-state index is -0.438. The lowest BCUT2D eigenvalue weighted by molar-refractivity contribution is 0.0697. The molecule has 0 radical (unpaired) electrons. The number of benzene rings is 2. The number of nitrogens with one attached hydrogen (secondary N) is 2. The Morgan fingerprint density at radius 2 is 1.75 bits per heavy atom. The third kappa shape index (κ3) is 5.13. The topological polar surface area (TPSA) is 61.4 Å². The Hall–Kier alpha value is -2.80. The van der Waals surface area contributed by atoms with E-state index in [2.05, 4.69) is 17.6 Å². The average molecular weight is 399 g/mol. The fourth-order valence-corrected chi connectivity index (χ4v) is 3.27. The second kappa shape index (κ2) is 8.93. The maximum absolute atomic E-state index is 13.0. The molecule has 0 bridgehead atoms. The summed E-state index contributed by atoms with van der Waals surface area (Å²) in [6, 6.07) is 12.2. The number of thiocarbonyl (C=S) groups is 1. The summed E-state index contributed by atoms with van der Waals surface area (Å²) in [4.78, 5) is 26.7. The van der Waals surface area contributed by atoms with Gasteiger partial charge in [-0.3, -0.25) is 14.9 Å². The predicted molar refractivity (Wildman–Crippen MR) is 111 cm³/mol. The summed E-state index contributed by atoms with van der Waals surface area (Å²) in [5.41, 5.74) is 1.49. The number of carbonyl (C=O) groups is 2. The molecule has 1 aliphatic rings. The van der Waals surface area contributed by atoms with Gasteiger partial charge in [0.2, 0.25) is 0 Å². The molecule has 28 heavy (non-hydrogen) atoms. The number of carbonyl (C=O) groups excluding carboxylic acids is 2. The van der Waals surface area contributed by atoms with E-state index in [1.807, 2.05) is 4.90 Å². The molecular weight excluding hydrogens is 377 g/mol. The molecule has 0 saturated carbocycles. The number of nitrogens with zero attached hydrogens (tertiary/aromatic N) is 1. The molecule has 1 fully saturated rings. The van der Waals surface area contributed by atoms with Crippen molar-refractivity contribution in [1.82, 2.24) is 10.2 Å². The molecule has 2 aromatic carbocycles. The Balaban J connectivity index is 1.60. The van der Waals surface area contributed by atoms with Gasteiger partial charge in [0.1, 0.15) is 5.82 Å². The van der Waals surface area contributed by atoms with E-state index >= 15 is 0 Å². The molecule has 2 aromatic rings. The average Bonchev–Trinajstić information content (AvgIpc) is 2.68. The van der Waals surface area contributed by atoms with E-state index < -0.39 is 11.7 Å². The van der Waals surface area contributed by atoms with Crippen LogP contribution in [0.4, 0.5) is 10.1 Å². The fourth-order valence-electron chi connectivity index (χ4n) is 3.06. The fraction of sp³-hybridized carbons (Fsp3) is 0.286. The lowest BCUT2D eigenvalue weighted by Crippen LogP contribution is -2.38. The number of piperidine rings is 1. The monoisotopic (exact) mass is 399 g/mol. The van der Waals surface area contributed by atoms with Crippen LogP contribution in [0, 0.1) is 11.7 Å². The molecule has 1 heterocycles. The molecule has 1 aliphatic heterocycles. The molecule has 0 unspecified atom stereocenters. The first-order valence-corrected chi connectivity index (χ1v) is 9.60. The molecule has 0 atom stereocenters. The van der Waals surface area contributed by atoms with Crippen molar-refractivity contribution in [3.05, 3.63) is 65.5 Å². The lowest BCUT2D eigenvalue weighted by Gasteiger charge is -2.30. The molecule has 2 amide bonds. The first-order chi connectivity index (χ1) is 13.4. The van der Waals surface area contributed by atoms with Crippen molar-refractivity contribution in [3.8, 4) is 0 Å². The Morgan fingerprint density at radius 1 is 1.07 bits per heavy atom. The van der Waals surface area contributed by atoms with Gasteiger partial charge in [-0.2, -0.15) is 0 Å². The van der Waals surface area contributed by atoms with Crippen molar-refractivity contribution < 1.29 is 14.0 Å². The normalized spacial score (nSPS) is 14.4. The smallest absolute Gasteiger partial charge is 0.257 e. The maximum atomic E-state index is 13.0. The molecular formula is C21H22FN3O2S. The zero-order valence-corrected chi connectivity index (χ0v) is 16.4. The Labute approximate surface area is 168 Å². The van der Waals surface area contributed by atoms with E-state index in [0.717, 1.165) is 25.9 Å². The molecule has 7 heteroatoms. The van der Waals surface area contributed by atoms with Crippen molar-refractivity contribution in [2.24, 2.45) is 5.92 Å². The van der Waals surface area contributed by atoms with Crippen LogP contribution in [0.5, 0.6) is 0 Å². The van der Waals surface area contributed by atoms with Crippen LogP contribution in [0.3, 0.4) is 0 Å². The highest BCUT2D eigenvalue weighted by atomic mass is 32.1. The summed E-state index contributed by atoms with van der Waals surface area (Å²) >= 11 is 5.17. The minimum Gasteiger partial charge on any atom is -0.339 e. The van der Waals surface area contributed by atoms with Crippen LogP contribution in [0.25, 0.3) is 0 Å². The summed E-state index contributed by atoms with van der Waals surface area (Å²) in [6.07, 6.45) is 2.03. The highest BCUT2D eigenvalue weighted by molar-refractivity contribution is 7.80. The second-order valence-corrected chi connectivity index (χ2v) is 7.38.